The van der Waals surface area contributed by atoms with Crippen LogP contribution in [-0.2, 0) is 4.74 Å². The average molecular weight is 419 g/mol. The van der Waals surface area contributed by atoms with Crippen molar-refractivity contribution >= 4 is 39.8 Å². The quantitative estimate of drug-likeness (QED) is 0.609. The number of halogens is 2. The maximum Gasteiger partial charge on any atom is 0.212 e. The molecule has 0 fully saturated rings. The summed E-state index contributed by atoms with van der Waals surface area (Å²) in [6.07, 6.45) is 5.05. The summed E-state index contributed by atoms with van der Waals surface area (Å²) in [5.41, 5.74) is 2.03. The van der Waals surface area contributed by atoms with Gasteiger partial charge in [0.1, 0.15) is 11.9 Å². The molecular formula is C12H12ClIN6O. The number of hydrogen-bond acceptors (Lipinski definition) is 5. The summed E-state index contributed by atoms with van der Waals surface area (Å²) >= 11 is 8.40. The molecular weight excluding hydrogens is 407 g/mol. The molecule has 3 rings (SSSR count). The SMILES string of the molecule is CCOC(C)n1cc(-c2ncc3nc(I)nn3c2Cl)cn1. The normalized spacial score (nSPS) is 13.0. The van der Waals surface area contributed by atoms with Crippen LogP contribution in [0, 0.1) is 3.83 Å². The van der Waals surface area contributed by atoms with Crippen LogP contribution >= 0.6 is 34.2 Å². The molecule has 3 heterocycles. The molecule has 9 heteroatoms. The van der Waals surface area contributed by atoms with Gasteiger partial charge in [0.05, 0.1) is 12.4 Å². The van der Waals surface area contributed by atoms with Gasteiger partial charge in [0, 0.05) is 41.0 Å². The molecule has 0 aliphatic rings. The highest BCUT2D eigenvalue weighted by atomic mass is 127. The Balaban J connectivity index is 2.02. The Morgan fingerprint density at radius 3 is 3.00 bits per heavy atom. The summed E-state index contributed by atoms with van der Waals surface area (Å²) in [6, 6.07) is 0. The minimum Gasteiger partial charge on any atom is -0.357 e. The summed E-state index contributed by atoms with van der Waals surface area (Å²) in [4.78, 5) is 8.57. The lowest BCUT2D eigenvalue weighted by Crippen LogP contribution is -2.09. The van der Waals surface area contributed by atoms with Gasteiger partial charge in [-0.1, -0.05) is 11.6 Å². The van der Waals surface area contributed by atoms with Crippen molar-refractivity contribution in [2.75, 3.05) is 6.61 Å². The molecule has 1 atom stereocenters. The van der Waals surface area contributed by atoms with Crippen LogP contribution in [0.2, 0.25) is 5.15 Å². The molecule has 3 aromatic rings. The molecule has 7 nitrogen and oxygen atoms in total. The topological polar surface area (TPSA) is 70.1 Å². The molecule has 0 saturated carbocycles. The van der Waals surface area contributed by atoms with Crippen LogP contribution in [0.5, 0.6) is 0 Å². The van der Waals surface area contributed by atoms with Gasteiger partial charge in [-0.25, -0.2) is 14.6 Å². The van der Waals surface area contributed by atoms with Gasteiger partial charge in [-0.05, 0) is 13.8 Å². The van der Waals surface area contributed by atoms with Crippen molar-refractivity contribution in [1.29, 1.82) is 0 Å². The Bertz CT molecular complexity index is 785. The summed E-state index contributed by atoms with van der Waals surface area (Å²) in [5, 5.41) is 8.93. The Hall–Kier alpha value is -1.26. The predicted molar refractivity (Wildman–Crippen MR) is 86.1 cm³/mol. The maximum absolute atomic E-state index is 6.37. The lowest BCUT2D eigenvalue weighted by atomic mass is 10.3. The molecule has 0 aliphatic carbocycles. The minimum absolute atomic E-state index is 0.140. The maximum atomic E-state index is 6.37. The standard InChI is InChI=1S/C12H12ClIN6O/c1-3-21-7(2)19-6-8(4-16-19)10-11(13)20-9(5-15-10)17-12(14)18-20/h4-7H,3H2,1-2H3. The highest BCUT2D eigenvalue weighted by Gasteiger charge is 2.15. The monoisotopic (exact) mass is 418 g/mol. The molecule has 0 N–H and O–H groups in total. The second-order valence-electron chi connectivity index (χ2n) is 4.31. The van der Waals surface area contributed by atoms with E-state index in [0.717, 1.165) is 5.56 Å². The fourth-order valence-electron chi connectivity index (χ4n) is 1.97. The van der Waals surface area contributed by atoms with Crippen molar-refractivity contribution in [3.05, 3.63) is 27.6 Å². The smallest absolute Gasteiger partial charge is 0.212 e. The lowest BCUT2D eigenvalue weighted by molar-refractivity contribution is 0.0160. The second-order valence-corrected chi connectivity index (χ2v) is 5.64. The molecule has 0 aliphatic heterocycles. The van der Waals surface area contributed by atoms with E-state index in [1.54, 1.807) is 21.6 Å². The van der Waals surface area contributed by atoms with Crippen molar-refractivity contribution in [2.45, 2.75) is 20.1 Å². The molecule has 0 saturated heterocycles. The van der Waals surface area contributed by atoms with Crippen LogP contribution in [0.15, 0.2) is 18.6 Å². The Labute approximate surface area is 139 Å². The van der Waals surface area contributed by atoms with E-state index in [2.05, 4.69) is 20.2 Å². The first-order valence-corrected chi connectivity index (χ1v) is 7.78. The summed E-state index contributed by atoms with van der Waals surface area (Å²) < 4.78 is 9.41. The predicted octanol–water partition coefficient (Wildman–Crippen LogP) is 2.80. The van der Waals surface area contributed by atoms with E-state index < -0.39 is 0 Å². The van der Waals surface area contributed by atoms with Gasteiger partial charge < -0.3 is 4.74 Å². The van der Waals surface area contributed by atoms with Crippen LogP contribution in [0.1, 0.15) is 20.1 Å². The van der Waals surface area contributed by atoms with Crippen LogP contribution in [-0.4, -0.2) is 36.0 Å². The van der Waals surface area contributed by atoms with Crippen molar-refractivity contribution in [3.8, 4) is 11.3 Å². The van der Waals surface area contributed by atoms with E-state index in [1.807, 2.05) is 42.6 Å². The molecule has 0 spiro atoms. The first kappa shape index (κ1) is 14.7. The van der Waals surface area contributed by atoms with Gasteiger partial charge in [-0.3, -0.25) is 0 Å². The van der Waals surface area contributed by atoms with Crippen molar-refractivity contribution in [1.82, 2.24) is 29.4 Å². The first-order valence-electron chi connectivity index (χ1n) is 6.33. The molecule has 110 valence electrons. The third-order valence-electron chi connectivity index (χ3n) is 2.95. The summed E-state index contributed by atoms with van der Waals surface area (Å²) in [7, 11) is 0. The Morgan fingerprint density at radius 1 is 1.43 bits per heavy atom. The molecule has 0 amide bonds. The number of fused-ring (bicyclic) bond motifs is 1. The number of rotatable bonds is 4. The zero-order valence-corrected chi connectivity index (χ0v) is 14.3. The average Bonchev–Trinajstić information content (AvgIpc) is 3.06. The van der Waals surface area contributed by atoms with Crippen LogP contribution < -0.4 is 0 Å². The van der Waals surface area contributed by atoms with Gasteiger partial charge >= 0.3 is 0 Å². The van der Waals surface area contributed by atoms with E-state index >= 15 is 0 Å². The summed E-state index contributed by atoms with van der Waals surface area (Å²) in [5.74, 6) is 0. The number of aromatic nitrogens is 6. The molecule has 0 radical (unpaired) electrons. The van der Waals surface area contributed by atoms with E-state index in [0.29, 0.717) is 26.9 Å². The third-order valence-corrected chi connectivity index (χ3v) is 3.75. The fourth-order valence-corrected chi connectivity index (χ4v) is 2.72. The Kier molecular flexibility index (Phi) is 4.09. The number of nitrogens with zero attached hydrogens (tertiary/aromatic N) is 6. The van der Waals surface area contributed by atoms with E-state index in [1.165, 1.54) is 0 Å². The van der Waals surface area contributed by atoms with Crippen LogP contribution in [0.3, 0.4) is 0 Å². The van der Waals surface area contributed by atoms with E-state index in [9.17, 15) is 0 Å². The van der Waals surface area contributed by atoms with Gasteiger partial charge in [0.2, 0.25) is 3.83 Å². The summed E-state index contributed by atoms with van der Waals surface area (Å²) in [6.45, 7) is 4.50. The zero-order chi connectivity index (χ0) is 15.0. The van der Waals surface area contributed by atoms with Crippen LogP contribution in [0.25, 0.3) is 16.9 Å². The highest BCUT2D eigenvalue weighted by Crippen LogP contribution is 2.26. The molecule has 1 unspecified atom stereocenters. The van der Waals surface area contributed by atoms with E-state index in [-0.39, 0.29) is 6.23 Å². The molecule has 0 bridgehead atoms. The van der Waals surface area contributed by atoms with Gasteiger partial charge in [0.15, 0.2) is 10.8 Å². The Morgan fingerprint density at radius 2 is 2.24 bits per heavy atom. The number of ether oxygens (including phenoxy) is 1. The van der Waals surface area contributed by atoms with Crippen LogP contribution in [0.4, 0.5) is 0 Å². The van der Waals surface area contributed by atoms with Crippen molar-refractivity contribution < 1.29 is 4.74 Å². The largest absolute Gasteiger partial charge is 0.357 e. The van der Waals surface area contributed by atoms with E-state index in [4.69, 9.17) is 16.3 Å². The van der Waals surface area contributed by atoms with Gasteiger partial charge in [-0.15, -0.1) is 5.10 Å². The second kappa shape index (κ2) is 5.85. The fraction of sp³-hybridized carbons (Fsp3) is 0.333. The molecule has 3 aromatic heterocycles. The van der Waals surface area contributed by atoms with Crippen molar-refractivity contribution in [3.63, 3.8) is 0 Å². The number of hydrogen-bond donors (Lipinski definition) is 0. The molecule has 0 aromatic carbocycles. The molecule has 21 heavy (non-hydrogen) atoms. The highest BCUT2D eigenvalue weighted by molar-refractivity contribution is 14.1. The lowest BCUT2D eigenvalue weighted by Gasteiger charge is -2.11. The van der Waals surface area contributed by atoms with Crippen molar-refractivity contribution in [2.24, 2.45) is 0 Å². The zero-order valence-electron chi connectivity index (χ0n) is 11.4. The van der Waals surface area contributed by atoms with Gasteiger partial charge in [0.25, 0.3) is 0 Å². The first-order chi connectivity index (χ1) is 10.1. The van der Waals surface area contributed by atoms with Gasteiger partial charge in [-0.2, -0.15) is 9.61 Å². The minimum atomic E-state index is -0.140. The third kappa shape index (κ3) is 2.74.